The van der Waals surface area contributed by atoms with Gasteiger partial charge < -0.3 is 10.2 Å². The number of likely N-dealkylation sites (N-methyl/N-ethyl adjacent to an activating group) is 1. The molecule has 0 aromatic rings. The molecule has 0 spiro atoms. The first-order valence-electron chi connectivity index (χ1n) is 2.78. The molecule has 0 bridgehead atoms. The van der Waals surface area contributed by atoms with Crippen LogP contribution in [0.3, 0.4) is 0 Å². The van der Waals surface area contributed by atoms with Crippen molar-refractivity contribution in [2.75, 3.05) is 13.6 Å². The van der Waals surface area contributed by atoms with Crippen molar-refractivity contribution < 1.29 is 8.42 Å². The number of hydrogen-bond acceptors (Lipinski definition) is 3. The van der Waals surface area contributed by atoms with E-state index in [1.165, 1.54) is 0 Å². The molecular formula is C5H8N2O2S. The Bertz CT molecular complexity index is 270. The zero-order valence-electron chi connectivity index (χ0n) is 5.53. The van der Waals surface area contributed by atoms with Gasteiger partial charge in [-0.25, -0.2) is 0 Å². The van der Waals surface area contributed by atoms with E-state index in [0.717, 1.165) is 0 Å². The molecule has 0 atom stereocenters. The zero-order chi connectivity index (χ0) is 7.56. The lowest BCUT2D eigenvalue weighted by atomic mass is 10.5. The van der Waals surface area contributed by atoms with Crippen molar-refractivity contribution in [1.29, 1.82) is 0 Å². The molecule has 0 unspecified atom stereocenters. The summed E-state index contributed by atoms with van der Waals surface area (Å²) in [5.74, 6) is 0. The van der Waals surface area contributed by atoms with Crippen LogP contribution in [0.5, 0.6) is 0 Å². The van der Waals surface area contributed by atoms with E-state index in [0.29, 0.717) is 11.5 Å². The summed E-state index contributed by atoms with van der Waals surface area (Å²) in [6.45, 7) is 0.423. The van der Waals surface area contributed by atoms with Gasteiger partial charge in [-0.2, -0.15) is 8.42 Å². The van der Waals surface area contributed by atoms with E-state index in [9.17, 15) is 8.42 Å². The Morgan fingerprint density at radius 2 is 2.40 bits per heavy atom. The highest BCUT2D eigenvalue weighted by molar-refractivity contribution is 7.72. The number of hydrogen-bond donors (Lipinski definition) is 1. The maximum absolute atomic E-state index is 10.3. The fraction of sp³-hybridized carbons (Fsp3) is 0.400. The van der Waals surface area contributed by atoms with Crippen molar-refractivity contribution in [3.05, 3.63) is 12.4 Å². The van der Waals surface area contributed by atoms with Crippen LogP contribution in [0.2, 0.25) is 0 Å². The average molecular weight is 160 g/mol. The van der Waals surface area contributed by atoms with E-state index in [-0.39, 0.29) is 0 Å². The summed E-state index contributed by atoms with van der Waals surface area (Å²) >= 11 is 0. The maximum Gasteiger partial charge on any atom is 0.235 e. The second kappa shape index (κ2) is 2.74. The lowest BCUT2D eigenvalue weighted by molar-refractivity contribution is 0.509. The van der Waals surface area contributed by atoms with Crippen LogP contribution >= 0.6 is 0 Å². The van der Waals surface area contributed by atoms with Crippen molar-refractivity contribution in [1.82, 2.24) is 10.2 Å². The van der Waals surface area contributed by atoms with Crippen molar-refractivity contribution >= 4 is 15.3 Å². The van der Waals surface area contributed by atoms with Crippen LogP contribution in [0, 0.1) is 0 Å². The predicted octanol–water partition coefficient (Wildman–Crippen LogP) is -0.998. The molecule has 0 aliphatic carbocycles. The molecule has 4 nitrogen and oxygen atoms in total. The molecule has 0 saturated carbocycles. The Morgan fingerprint density at radius 3 is 2.80 bits per heavy atom. The van der Waals surface area contributed by atoms with E-state index < -0.39 is 10.3 Å². The quantitative estimate of drug-likeness (QED) is 0.462. The molecule has 1 aliphatic heterocycles. The molecule has 1 rings (SSSR count). The summed E-state index contributed by atoms with van der Waals surface area (Å²) in [6.07, 6.45) is 3.37. The third kappa shape index (κ3) is 1.51. The van der Waals surface area contributed by atoms with Crippen LogP contribution in [0.25, 0.3) is 0 Å². The topological polar surface area (TPSA) is 49.4 Å². The SMILES string of the molecule is CN1C=CNC(=S(=O)=O)C1. The van der Waals surface area contributed by atoms with Gasteiger partial charge in [-0.15, -0.1) is 0 Å². The van der Waals surface area contributed by atoms with Crippen LogP contribution in [0.15, 0.2) is 12.4 Å². The van der Waals surface area contributed by atoms with Crippen LogP contribution in [-0.4, -0.2) is 31.9 Å². The molecule has 0 fully saturated rings. The molecule has 1 heterocycles. The van der Waals surface area contributed by atoms with Crippen LogP contribution in [0.4, 0.5) is 0 Å². The van der Waals surface area contributed by atoms with E-state index >= 15 is 0 Å². The summed E-state index contributed by atoms with van der Waals surface area (Å²) < 4.78 is 20.7. The molecule has 0 saturated heterocycles. The van der Waals surface area contributed by atoms with Gasteiger partial charge in [0.1, 0.15) is 0 Å². The van der Waals surface area contributed by atoms with E-state index in [2.05, 4.69) is 5.32 Å². The normalized spacial score (nSPS) is 16.9. The molecule has 0 aromatic heterocycles. The minimum absolute atomic E-state index is 0.310. The van der Waals surface area contributed by atoms with Crippen molar-refractivity contribution in [3.63, 3.8) is 0 Å². The van der Waals surface area contributed by atoms with Gasteiger partial charge in [-0.05, 0) is 0 Å². The molecule has 10 heavy (non-hydrogen) atoms. The standard InChI is InChI=1S/C5H8N2O2S/c1-7-3-2-6-5(4-7)10(8)9/h2-3,6H,4H2,1H3. The highest BCUT2D eigenvalue weighted by Gasteiger charge is 2.04. The molecular weight excluding hydrogens is 152 g/mol. The second-order valence-corrected chi connectivity index (χ2v) is 3.00. The fourth-order valence-electron chi connectivity index (χ4n) is 0.683. The summed E-state index contributed by atoms with van der Waals surface area (Å²) in [5, 5.41) is 2.63. The van der Waals surface area contributed by atoms with Crippen molar-refractivity contribution in [2.24, 2.45) is 0 Å². The minimum atomic E-state index is -2.11. The van der Waals surface area contributed by atoms with E-state index in [4.69, 9.17) is 0 Å². The first kappa shape index (κ1) is 7.14. The Balaban J connectivity index is 2.90. The van der Waals surface area contributed by atoms with Gasteiger partial charge in [0.25, 0.3) is 0 Å². The van der Waals surface area contributed by atoms with E-state index in [1.54, 1.807) is 17.3 Å². The molecule has 1 N–H and O–H groups in total. The van der Waals surface area contributed by atoms with Crippen molar-refractivity contribution in [3.8, 4) is 0 Å². The molecule has 56 valence electrons. The van der Waals surface area contributed by atoms with Crippen LogP contribution < -0.4 is 5.32 Å². The second-order valence-electron chi connectivity index (χ2n) is 2.03. The Hall–Kier alpha value is -0.970. The van der Waals surface area contributed by atoms with Crippen LogP contribution in [-0.2, 0) is 10.3 Å². The Labute approximate surface area is 60.7 Å². The summed E-state index contributed by atoms with van der Waals surface area (Å²) in [4.78, 5) is 2.09. The number of nitrogens with one attached hydrogen (secondary N) is 1. The molecule has 0 aromatic carbocycles. The Kier molecular flexibility index (Phi) is 1.96. The minimum Gasteiger partial charge on any atom is -0.372 e. The highest BCUT2D eigenvalue weighted by Crippen LogP contribution is 1.88. The van der Waals surface area contributed by atoms with E-state index in [1.807, 2.05) is 7.05 Å². The predicted molar refractivity (Wildman–Crippen MR) is 38.8 cm³/mol. The van der Waals surface area contributed by atoms with Gasteiger partial charge in [-0.1, -0.05) is 0 Å². The molecule has 0 amide bonds. The lowest BCUT2D eigenvalue weighted by Crippen LogP contribution is -2.35. The van der Waals surface area contributed by atoms with Crippen molar-refractivity contribution in [2.45, 2.75) is 0 Å². The third-order valence-corrected chi connectivity index (χ3v) is 1.82. The number of rotatable bonds is 0. The van der Waals surface area contributed by atoms with Gasteiger partial charge in [0.2, 0.25) is 10.3 Å². The fourth-order valence-corrected chi connectivity index (χ4v) is 1.16. The van der Waals surface area contributed by atoms with Gasteiger partial charge in [0.05, 0.1) is 6.54 Å². The van der Waals surface area contributed by atoms with Gasteiger partial charge in [-0.3, -0.25) is 0 Å². The Morgan fingerprint density at radius 1 is 1.70 bits per heavy atom. The lowest BCUT2D eigenvalue weighted by Gasteiger charge is -2.18. The summed E-state index contributed by atoms with van der Waals surface area (Å²) in [6, 6.07) is 0. The summed E-state index contributed by atoms with van der Waals surface area (Å²) in [7, 11) is -0.300. The smallest absolute Gasteiger partial charge is 0.235 e. The van der Waals surface area contributed by atoms with Crippen LogP contribution in [0.1, 0.15) is 0 Å². The molecule has 1 aliphatic rings. The largest absolute Gasteiger partial charge is 0.372 e. The number of nitrogens with zero attached hydrogens (tertiary/aromatic N) is 1. The maximum atomic E-state index is 10.3. The van der Waals surface area contributed by atoms with Gasteiger partial charge in [0, 0.05) is 19.4 Å². The monoisotopic (exact) mass is 160 g/mol. The molecule has 0 radical (unpaired) electrons. The van der Waals surface area contributed by atoms with Gasteiger partial charge >= 0.3 is 0 Å². The van der Waals surface area contributed by atoms with Gasteiger partial charge in [0.15, 0.2) is 4.99 Å². The summed E-state index contributed by atoms with van der Waals surface area (Å²) in [5.41, 5.74) is 0. The average Bonchev–Trinajstić information content (AvgIpc) is 1.88. The third-order valence-electron chi connectivity index (χ3n) is 1.17. The highest BCUT2D eigenvalue weighted by atomic mass is 32.2. The first-order chi connectivity index (χ1) is 4.70. The zero-order valence-corrected chi connectivity index (χ0v) is 6.35. The first-order valence-corrected chi connectivity index (χ1v) is 3.86. The molecule has 5 heteroatoms.